The van der Waals surface area contributed by atoms with Gasteiger partial charge >= 0.3 is 0 Å². The molecule has 0 aromatic carbocycles. The fourth-order valence-electron chi connectivity index (χ4n) is 14.0. The van der Waals surface area contributed by atoms with Crippen molar-refractivity contribution >= 4 is 0 Å². The van der Waals surface area contributed by atoms with E-state index in [1.165, 1.54) is 12.5 Å². The Bertz CT molecular complexity index is 1610. The highest BCUT2D eigenvalue weighted by Crippen LogP contribution is 2.70. The maximum absolute atomic E-state index is 11.6. The molecule has 0 unspecified atom stereocenters. The Morgan fingerprint density at radius 1 is 0.677 bits per heavy atom. The summed E-state index contributed by atoms with van der Waals surface area (Å²) in [5.74, 6) is 2.52. The molecule has 5 aliphatic heterocycles. The minimum Gasteiger partial charge on any atom is -0.394 e. The summed E-state index contributed by atoms with van der Waals surface area (Å²) in [5.41, 5.74) is 1.45. The summed E-state index contributed by atoms with van der Waals surface area (Å²) >= 11 is 0. The summed E-state index contributed by atoms with van der Waals surface area (Å²) in [6.45, 7) is 10.4. The van der Waals surface area contributed by atoms with Gasteiger partial charge in [-0.1, -0.05) is 39.3 Å². The molecule has 9 N–H and O–H groups in total. The Kier molecular flexibility index (Phi) is 12.9. The Balaban J connectivity index is 0.940. The molecule has 1 spiro atoms. The number of allylic oxidation sites excluding steroid dienone is 1. The van der Waals surface area contributed by atoms with E-state index in [1.54, 1.807) is 0 Å². The molecule has 9 aliphatic rings. The van der Waals surface area contributed by atoms with E-state index >= 15 is 0 Å². The number of hydrogen-bond acceptors (Lipinski definition) is 17. The molecule has 17 nitrogen and oxygen atoms in total. The molecule has 354 valence electrons. The molecule has 8 fully saturated rings. The van der Waals surface area contributed by atoms with Gasteiger partial charge in [0.15, 0.2) is 24.7 Å². The van der Waals surface area contributed by atoms with Crippen LogP contribution in [0.1, 0.15) is 92.4 Å². The second kappa shape index (κ2) is 17.3. The van der Waals surface area contributed by atoms with Crippen molar-refractivity contribution in [2.45, 2.75) is 203 Å². The van der Waals surface area contributed by atoms with E-state index in [0.717, 1.165) is 51.6 Å². The van der Waals surface area contributed by atoms with Crippen LogP contribution in [0.15, 0.2) is 11.6 Å². The number of aliphatic hydroxyl groups is 9. The lowest BCUT2D eigenvalue weighted by Gasteiger charge is -2.59. The molecule has 62 heavy (non-hydrogen) atoms. The maximum atomic E-state index is 11.6. The van der Waals surface area contributed by atoms with Crippen LogP contribution in [0.3, 0.4) is 0 Å². The first-order valence-corrected chi connectivity index (χ1v) is 23.4. The van der Waals surface area contributed by atoms with Crippen molar-refractivity contribution in [3.05, 3.63) is 11.6 Å². The zero-order chi connectivity index (χ0) is 44.2. The van der Waals surface area contributed by atoms with Crippen LogP contribution in [0.2, 0.25) is 0 Å². The molecule has 17 heteroatoms. The minimum absolute atomic E-state index is 0.0484. The zero-order valence-corrected chi connectivity index (χ0v) is 36.6. The highest BCUT2D eigenvalue weighted by Gasteiger charge is 2.69. The normalized spacial score (nSPS) is 57.6. The Labute approximate surface area is 363 Å². The van der Waals surface area contributed by atoms with Crippen molar-refractivity contribution in [1.82, 2.24) is 0 Å². The third kappa shape index (κ3) is 7.49. The predicted molar refractivity (Wildman–Crippen MR) is 214 cm³/mol. The topological polar surface area (TPSA) is 256 Å². The van der Waals surface area contributed by atoms with Gasteiger partial charge in [-0.2, -0.15) is 0 Å². The lowest BCUT2D eigenvalue weighted by atomic mass is 9.47. The second-order valence-electron chi connectivity index (χ2n) is 21.1. The summed E-state index contributed by atoms with van der Waals surface area (Å²) in [5, 5.41) is 95.8. The molecule has 0 amide bonds. The van der Waals surface area contributed by atoms with Crippen LogP contribution in [0.4, 0.5) is 0 Å². The van der Waals surface area contributed by atoms with Crippen LogP contribution in [-0.4, -0.2) is 176 Å². The van der Waals surface area contributed by atoms with Crippen LogP contribution in [0.5, 0.6) is 0 Å². The lowest BCUT2D eigenvalue weighted by Crippen LogP contribution is -2.67. The van der Waals surface area contributed by atoms with Gasteiger partial charge in [-0.05, 0) is 98.7 Å². The minimum atomic E-state index is -1.84. The van der Waals surface area contributed by atoms with E-state index in [-0.39, 0.29) is 16.9 Å². The van der Waals surface area contributed by atoms with Crippen molar-refractivity contribution < 1.29 is 83.9 Å². The van der Waals surface area contributed by atoms with Crippen LogP contribution < -0.4 is 0 Å². The van der Waals surface area contributed by atoms with Gasteiger partial charge < -0.3 is 83.9 Å². The monoisotopic (exact) mass is 884 g/mol. The fraction of sp³-hybridized carbons (Fsp3) is 0.956. The number of fused-ring (bicyclic) bond motifs is 7. The van der Waals surface area contributed by atoms with Gasteiger partial charge in [-0.25, -0.2) is 0 Å². The van der Waals surface area contributed by atoms with Crippen molar-refractivity contribution in [3.8, 4) is 0 Å². The third-order valence-corrected chi connectivity index (χ3v) is 17.7. The molecule has 3 saturated carbocycles. The molecule has 0 radical (unpaired) electrons. The van der Waals surface area contributed by atoms with E-state index in [9.17, 15) is 46.0 Å². The fourth-order valence-corrected chi connectivity index (χ4v) is 14.0. The first kappa shape index (κ1) is 46.2. The van der Waals surface area contributed by atoms with Crippen LogP contribution in [0.25, 0.3) is 0 Å². The van der Waals surface area contributed by atoms with E-state index in [1.807, 2.05) is 0 Å². The van der Waals surface area contributed by atoms with E-state index in [4.69, 9.17) is 37.9 Å². The molecule has 5 saturated heterocycles. The molecular formula is C45H72O17. The Morgan fingerprint density at radius 3 is 2.03 bits per heavy atom. The van der Waals surface area contributed by atoms with Crippen molar-refractivity contribution in [2.24, 2.45) is 46.3 Å². The van der Waals surface area contributed by atoms with Gasteiger partial charge in [-0.15, -0.1) is 0 Å². The average molecular weight is 885 g/mol. The smallest absolute Gasteiger partial charge is 0.187 e. The molecule has 9 rings (SSSR count). The Morgan fingerprint density at radius 2 is 1.34 bits per heavy atom. The number of rotatable bonds is 8. The Hall–Kier alpha value is -0.940. The van der Waals surface area contributed by atoms with Crippen LogP contribution >= 0.6 is 0 Å². The second-order valence-corrected chi connectivity index (χ2v) is 21.1. The molecular weight excluding hydrogens is 812 g/mol. The highest BCUT2D eigenvalue weighted by atomic mass is 16.8. The zero-order valence-electron chi connectivity index (χ0n) is 36.6. The molecule has 5 heterocycles. The maximum Gasteiger partial charge on any atom is 0.187 e. The first-order valence-electron chi connectivity index (χ1n) is 23.4. The molecule has 0 aromatic rings. The average Bonchev–Trinajstić information content (AvgIpc) is 3.70. The van der Waals surface area contributed by atoms with E-state index < -0.39 is 117 Å². The van der Waals surface area contributed by atoms with Gasteiger partial charge in [-0.3, -0.25) is 0 Å². The van der Waals surface area contributed by atoms with Crippen LogP contribution in [0, 0.1) is 46.3 Å². The highest BCUT2D eigenvalue weighted by molar-refractivity contribution is 5.26. The standard InChI is InChI=1S/C45H72O17/c1-19-8-13-45(55-18-19)20(2)30-27(62-45)15-26-24-7-6-22-14-23(9-11-43(22,4)25(24)10-12-44(26,30)5)57-42-39(61-40-36(53)34(51)31(48)21(3)56-40)38(33(50)29(17-47)59-42)60-41-37(54)35(52)32(49)28(16-46)58-41/h6,19-21,23-42,46-54H,7-18H2,1-5H3/t19-,20+,21+,23+,24-,25+,26+,27+,28-,29-,30+,31+,32+,33-,34-,35+,36-,37-,38+,39-,40+,41+,42-,43+,44+,45-/m1/s1. The number of hydrogen-bond donors (Lipinski definition) is 9. The van der Waals surface area contributed by atoms with Gasteiger partial charge in [0.25, 0.3) is 0 Å². The number of ether oxygens (including phenoxy) is 8. The summed E-state index contributed by atoms with van der Waals surface area (Å²) < 4.78 is 50.3. The first-order chi connectivity index (χ1) is 29.4. The molecule has 0 aromatic heterocycles. The summed E-state index contributed by atoms with van der Waals surface area (Å²) in [4.78, 5) is 0. The van der Waals surface area contributed by atoms with E-state index in [0.29, 0.717) is 48.3 Å². The van der Waals surface area contributed by atoms with Gasteiger partial charge in [0, 0.05) is 12.3 Å². The van der Waals surface area contributed by atoms with E-state index in [2.05, 4.69) is 33.8 Å². The van der Waals surface area contributed by atoms with Crippen molar-refractivity contribution in [1.29, 1.82) is 0 Å². The van der Waals surface area contributed by atoms with Gasteiger partial charge in [0.05, 0.1) is 38.1 Å². The van der Waals surface area contributed by atoms with Crippen molar-refractivity contribution in [2.75, 3.05) is 19.8 Å². The molecule has 4 aliphatic carbocycles. The van der Waals surface area contributed by atoms with Crippen molar-refractivity contribution in [3.63, 3.8) is 0 Å². The van der Waals surface area contributed by atoms with Gasteiger partial charge in [0.1, 0.15) is 67.1 Å². The third-order valence-electron chi connectivity index (χ3n) is 17.7. The predicted octanol–water partition coefficient (Wildman–Crippen LogP) is 0.214. The summed E-state index contributed by atoms with van der Waals surface area (Å²) in [7, 11) is 0. The SMILES string of the molecule is C[C@@H]1CC[C@@]2(OC1)O[C@H]1C[C@H]3[C@@H]4CC=C5C[C@@H](O[C@@H]6O[C@H](CO)[C@@H](O)[C@H](O[C@@H]7O[C@H](CO)[C@H](O)[C@H](O)[C@H]7O)[C@H]6O[C@@H]6O[C@@H](C)[C@H](O)[C@@H](O)[C@H]6O)CC[C@]5(C)[C@H]4CC[C@]3(C)[C@H]1[C@@H]2C. The summed E-state index contributed by atoms with van der Waals surface area (Å²) in [6, 6.07) is 0. The molecule has 0 bridgehead atoms. The lowest BCUT2D eigenvalue weighted by molar-refractivity contribution is -0.394. The largest absolute Gasteiger partial charge is 0.394 e. The van der Waals surface area contributed by atoms with Gasteiger partial charge in [0.2, 0.25) is 0 Å². The van der Waals surface area contributed by atoms with Crippen LogP contribution in [-0.2, 0) is 37.9 Å². The molecule has 26 atom stereocenters. The summed E-state index contributed by atoms with van der Waals surface area (Å²) in [6.07, 6.45) is -12.4. The number of aliphatic hydroxyl groups excluding tert-OH is 9. The quantitative estimate of drug-likeness (QED) is 0.148.